The maximum absolute atomic E-state index is 13.9. The average molecular weight is 291 g/mol. The second-order valence-electron chi connectivity index (χ2n) is 7.13. The Morgan fingerprint density at radius 3 is 2.71 bits per heavy atom. The van der Waals surface area contributed by atoms with Crippen LogP contribution in [0.2, 0.25) is 0 Å². The van der Waals surface area contributed by atoms with Crippen molar-refractivity contribution < 1.29 is 9.13 Å². The third-order valence-corrected chi connectivity index (χ3v) is 5.42. The minimum absolute atomic E-state index is 0.175. The molecule has 0 aromatic heterocycles. The molecule has 3 heteroatoms. The van der Waals surface area contributed by atoms with Crippen molar-refractivity contribution in [3.8, 4) is 5.75 Å². The summed E-state index contributed by atoms with van der Waals surface area (Å²) in [4.78, 5) is 2.28. The van der Waals surface area contributed by atoms with Gasteiger partial charge in [-0.1, -0.05) is 6.42 Å². The van der Waals surface area contributed by atoms with Crippen molar-refractivity contribution in [3.63, 3.8) is 0 Å². The molecule has 0 radical (unpaired) electrons. The molecule has 2 aliphatic carbocycles. The van der Waals surface area contributed by atoms with E-state index in [2.05, 4.69) is 19.0 Å². The lowest BCUT2D eigenvalue weighted by Crippen LogP contribution is -2.34. The predicted octanol–water partition coefficient (Wildman–Crippen LogP) is 3.92. The van der Waals surface area contributed by atoms with Crippen LogP contribution < -0.4 is 4.74 Å². The largest absolute Gasteiger partial charge is 0.497 e. The molecule has 2 aliphatic rings. The summed E-state index contributed by atoms with van der Waals surface area (Å²) in [5.74, 6) is 3.24. The smallest absolute Gasteiger partial charge is 0.127 e. The fourth-order valence-corrected chi connectivity index (χ4v) is 4.58. The van der Waals surface area contributed by atoms with Gasteiger partial charge in [-0.15, -0.1) is 0 Å². The summed E-state index contributed by atoms with van der Waals surface area (Å²) in [6.07, 6.45) is 5.30. The van der Waals surface area contributed by atoms with Crippen molar-refractivity contribution in [2.24, 2.45) is 17.8 Å². The van der Waals surface area contributed by atoms with Crippen molar-refractivity contribution in [1.82, 2.24) is 4.90 Å². The molecule has 1 aromatic carbocycles. The minimum Gasteiger partial charge on any atom is -0.497 e. The van der Waals surface area contributed by atoms with Gasteiger partial charge in [0.1, 0.15) is 11.6 Å². The zero-order chi connectivity index (χ0) is 15.0. The first-order valence-corrected chi connectivity index (χ1v) is 8.06. The Balaban J connectivity index is 1.92. The summed E-state index contributed by atoms with van der Waals surface area (Å²) >= 11 is 0. The first kappa shape index (κ1) is 14.8. The molecule has 0 amide bonds. The number of nitrogens with zero attached hydrogens (tertiary/aromatic N) is 1. The summed E-state index contributed by atoms with van der Waals surface area (Å²) in [7, 11) is 5.90. The third-order valence-electron chi connectivity index (χ3n) is 5.42. The number of benzene rings is 1. The molecular formula is C18H26FNO. The Bertz CT molecular complexity index is 502. The number of hydrogen-bond acceptors (Lipinski definition) is 2. The molecular weight excluding hydrogens is 265 g/mol. The second kappa shape index (κ2) is 5.96. The number of hydrogen-bond donors (Lipinski definition) is 0. The molecule has 21 heavy (non-hydrogen) atoms. The Morgan fingerprint density at radius 1 is 1.19 bits per heavy atom. The normalized spacial score (nSPS) is 31.7. The van der Waals surface area contributed by atoms with E-state index in [9.17, 15) is 4.39 Å². The van der Waals surface area contributed by atoms with E-state index in [1.165, 1.54) is 31.7 Å². The lowest BCUT2D eigenvalue weighted by molar-refractivity contribution is 0.164. The summed E-state index contributed by atoms with van der Waals surface area (Å²) in [6, 6.07) is 5.24. The lowest BCUT2D eigenvalue weighted by Gasteiger charge is -2.38. The van der Waals surface area contributed by atoms with Crippen LogP contribution >= 0.6 is 0 Å². The summed E-state index contributed by atoms with van der Waals surface area (Å²) < 4.78 is 19.1. The topological polar surface area (TPSA) is 12.5 Å². The average Bonchev–Trinajstić information content (AvgIpc) is 2.83. The number of rotatable bonds is 4. The van der Waals surface area contributed by atoms with Gasteiger partial charge in [-0.25, -0.2) is 4.39 Å². The molecule has 2 bridgehead atoms. The van der Waals surface area contributed by atoms with E-state index in [0.717, 1.165) is 23.9 Å². The Morgan fingerprint density at radius 2 is 2.00 bits per heavy atom. The molecule has 0 N–H and O–H groups in total. The van der Waals surface area contributed by atoms with Crippen molar-refractivity contribution in [2.45, 2.75) is 31.6 Å². The van der Waals surface area contributed by atoms with E-state index in [-0.39, 0.29) is 5.82 Å². The van der Waals surface area contributed by atoms with Crippen molar-refractivity contribution in [1.29, 1.82) is 0 Å². The standard InChI is InChI=1S/C18H26FNO/c1-20(2)11-18-13-5-4-12(6-13)7-17(18)14-8-15(19)10-16(9-14)21-3/h8-10,12-13,17-18H,4-7,11H2,1-3H3. The van der Waals surface area contributed by atoms with Crippen LogP contribution in [0.15, 0.2) is 18.2 Å². The molecule has 0 aliphatic heterocycles. The van der Waals surface area contributed by atoms with Crippen molar-refractivity contribution in [2.75, 3.05) is 27.7 Å². The monoisotopic (exact) mass is 291 g/mol. The zero-order valence-electron chi connectivity index (χ0n) is 13.3. The lowest BCUT2D eigenvalue weighted by atomic mass is 9.69. The second-order valence-corrected chi connectivity index (χ2v) is 7.13. The Kier molecular flexibility index (Phi) is 4.21. The van der Waals surface area contributed by atoms with E-state index in [1.54, 1.807) is 13.2 Å². The van der Waals surface area contributed by atoms with Gasteiger partial charge in [-0.3, -0.25) is 0 Å². The molecule has 2 saturated carbocycles. The Hall–Kier alpha value is -1.09. The molecule has 2 fully saturated rings. The van der Waals surface area contributed by atoms with E-state index < -0.39 is 0 Å². The molecule has 116 valence electrons. The quantitative estimate of drug-likeness (QED) is 0.834. The molecule has 0 heterocycles. The first-order chi connectivity index (χ1) is 10.1. The van der Waals surface area contributed by atoms with Crippen molar-refractivity contribution >= 4 is 0 Å². The summed E-state index contributed by atoms with van der Waals surface area (Å²) in [6.45, 7) is 1.10. The van der Waals surface area contributed by atoms with Crippen LogP contribution in [0.5, 0.6) is 5.75 Å². The maximum Gasteiger partial charge on any atom is 0.127 e. The minimum atomic E-state index is -0.175. The Labute approximate surface area is 127 Å². The zero-order valence-corrected chi connectivity index (χ0v) is 13.3. The highest BCUT2D eigenvalue weighted by Crippen LogP contribution is 2.52. The molecule has 4 unspecified atom stereocenters. The van der Waals surface area contributed by atoms with Gasteiger partial charge in [0.05, 0.1) is 7.11 Å². The highest BCUT2D eigenvalue weighted by atomic mass is 19.1. The van der Waals surface area contributed by atoms with Gasteiger partial charge < -0.3 is 9.64 Å². The van der Waals surface area contributed by atoms with Crippen LogP contribution in [0.25, 0.3) is 0 Å². The molecule has 1 aromatic rings. The van der Waals surface area contributed by atoms with Crippen LogP contribution in [0.3, 0.4) is 0 Å². The maximum atomic E-state index is 13.9. The predicted molar refractivity (Wildman–Crippen MR) is 83.2 cm³/mol. The van der Waals surface area contributed by atoms with Gasteiger partial charge in [0, 0.05) is 12.6 Å². The van der Waals surface area contributed by atoms with Crippen LogP contribution in [0.1, 0.15) is 37.2 Å². The summed E-state index contributed by atoms with van der Waals surface area (Å²) in [5, 5.41) is 0. The van der Waals surface area contributed by atoms with E-state index in [0.29, 0.717) is 17.6 Å². The van der Waals surface area contributed by atoms with E-state index in [1.807, 2.05) is 6.07 Å². The van der Waals surface area contributed by atoms with Gasteiger partial charge in [0.25, 0.3) is 0 Å². The van der Waals surface area contributed by atoms with Crippen molar-refractivity contribution in [3.05, 3.63) is 29.6 Å². The molecule has 3 rings (SSSR count). The SMILES string of the molecule is COc1cc(F)cc(C2CC3CCC(C3)C2CN(C)C)c1. The fraction of sp³-hybridized carbons (Fsp3) is 0.667. The molecule has 2 nitrogen and oxygen atoms in total. The van der Waals surface area contributed by atoms with Crippen LogP contribution in [-0.4, -0.2) is 32.6 Å². The molecule has 4 atom stereocenters. The van der Waals surface area contributed by atoms with Gasteiger partial charge >= 0.3 is 0 Å². The molecule has 0 spiro atoms. The highest BCUT2D eigenvalue weighted by molar-refractivity contribution is 5.33. The van der Waals surface area contributed by atoms with E-state index in [4.69, 9.17) is 4.74 Å². The highest BCUT2D eigenvalue weighted by Gasteiger charge is 2.42. The van der Waals surface area contributed by atoms with Gasteiger partial charge in [0.15, 0.2) is 0 Å². The first-order valence-electron chi connectivity index (χ1n) is 8.06. The summed E-state index contributed by atoms with van der Waals surface area (Å²) in [5.41, 5.74) is 1.13. The molecule has 0 saturated heterocycles. The van der Waals surface area contributed by atoms with E-state index >= 15 is 0 Å². The fourth-order valence-electron chi connectivity index (χ4n) is 4.58. The number of ether oxygens (including phenoxy) is 1. The number of methoxy groups -OCH3 is 1. The van der Waals surface area contributed by atoms with Crippen LogP contribution in [0.4, 0.5) is 4.39 Å². The number of fused-ring (bicyclic) bond motifs is 2. The number of halogens is 1. The third kappa shape index (κ3) is 3.08. The van der Waals surface area contributed by atoms with Gasteiger partial charge in [0.2, 0.25) is 0 Å². The van der Waals surface area contributed by atoms with Crippen LogP contribution in [-0.2, 0) is 0 Å². The van der Waals surface area contributed by atoms with Gasteiger partial charge in [-0.05, 0) is 74.7 Å². The van der Waals surface area contributed by atoms with Crippen LogP contribution in [0, 0.1) is 23.6 Å². The van der Waals surface area contributed by atoms with Gasteiger partial charge in [-0.2, -0.15) is 0 Å².